The third-order valence-electron chi connectivity index (χ3n) is 4.30. The highest BCUT2D eigenvalue weighted by Gasteiger charge is 2.29. The van der Waals surface area contributed by atoms with Gasteiger partial charge in [0.2, 0.25) is 5.91 Å². The number of aliphatic carboxylic acids is 1. The highest BCUT2D eigenvalue weighted by molar-refractivity contribution is 6.31. The number of nitro benzene ring substituents is 1. The summed E-state index contributed by atoms with van der Waals surface area (Å²) in [6.45, 7) is 0.465. The zero-order chi connectivity index (χ0) is 18.6. The number of carbonyl (C=O) groups excluding carboxylic acids is 1. The maximum atomic E-state index is 13.7. The van der Waals surface area contributed by atoms with E-state index in [-0.39, 0.29) is 35.4 Å². The molecule has 1 aliphatic rings. The molecule has 1 N–H and O–H groups in total. The van der Waals surface area contributed by atoms with Gasteiger partial charge >= 0.3 is 5.97 Å². The van der Waals surface area contributed by atoms with Crippen molar-refractivity contribution in [1.82, 2.24) is 4.90 Å². The fraction of sp³-hybridized carbons (Fsp3) is 0.500. The van der Waals surface area contributed by atoms with Crippen molar-refractivity contribution in [2.45, 2.75) is 44.6 Å². The number of carbonyl (C=O) groups is 2. The number of piperidine rings is 1. The van der Waals surface area contributed by atoms with Crippen LogP contribution >= 0.6 is 11.6 Å². The minimum atomic E-state index is -0.937. The van der Waals surface area contributed by atoms with Gasteiger partial charge in [-0.3, -0.25) is 19.7 Å². The van der Waals surface area contributed by atoms with E-state index in [4.69, 9.17) is 16.7 Å². The normalized spacial score (nSPS) is 17.4. The molecule has 1 heterocycles. The van der Waals surface area contributed by atoms with Crippen molar-refractivity contribution in [2.75, 3.05) is 6.54 Å². The van der Waals surface area contributed by atoms with Crippen molar-refractivity contribution in [3.05, 3.63) is 38.7 Å². The number of nitrogens with zero attached hydrogens (tertiary/aromatic N) is 2. The molecule has 1 aromatic carbocycles. The number of hydrogen-bond acceptors (Lipinski definition) is 4. The summed E-state index contributed by atoms with van der Waals surface area (Å²) < 4.78 is 13.7. The molecule has 0 saturated carbocycles. The van der Waals surface area contributed by atoms with Crippen molar-refractivity contribution in [2.24, 2.45) is 0 Å². The smallest absolute Gasteiger partial charge is 0.303 e. The third kappa shape index (κ3) is 4.88. The Morgan fingerprint density at radius 2 is 2.12 bits per heavy atom. The molecule has 25 heavy (non-hydrogen) atoms. The molecule has 0 bridgehead atoms. The average molecular weight is 373 g/mol. The average Bonchev–Trinajstić information content (AvgIpc) is 2.56. The minimum Gasteiger partial charge on any atom is -0.481 e. The lowest BCUT2D eigenvalue weighted by molar-refractivity contribution is -0.385. The Bertz CT molecular complexity index is 697. The summed E-state index contributed by atoms with van der Waals surface area (Å²) in [7, 11) is 0. The highest BCUT2D eigenvalue weighted by Crippen LogP contribution is 2.28. The summed E-state index contributed by atoms with van der Waals surface area (Å²) in [6.07, 6.45) is 2.32. The van der Waals surface area contributed by atoms with Crippen LogP contribution in [-0.2, 0) is 16.0 Å². The molecular formula is C16H18ClFN2O5. The van der Waals surface area contributed by atoms with Gasteiger partial charge in [-0.25, -0.2) is 4.39 Å². The van der Waals surface area contributed by atoms with Gasteiger partial charge in [-0.15, -0.1) is 0 Å². The largest absolute Gasteiger partial charge is 0.481 e. The van der Waals surface area contributed by atoms with Crippen LogP contribution in [-0.4, -0.2) is 39.4 Å². The van der Waals surface area contributed by atoms with Gasteiger partial charge in [0.15, 0.2) is 0 Å². The van der Waals surface area contributed by atoms with Crippen molar-refractivity contribution < 1.29 is 24.0 Å². The number of amides is 1. The molecule has 1 aliphatic heterocycles. The molecule has 1 atom stereocenters. The van der Waals surface area contributed by atoms with E-state index < -0.39 is 22.4 Å². The standard InChI is InChI=1S/C16H18ClFN2O5/c17-12-9-14(20(24)25)10(7-13(12)18)8-15(21)19-6-2-1-3-11(19)4-5-16(22)23/h7,9,11H,1-6,8H2,(H,22,23). The van der Waals surface area contributed by atoms with Gasteiger partial charge < -0.3 is 10.0 Å². The number of benzene rings is 1. The molecule has 9 heteroatoms. The fourth-order valence-electron chi connectivity index (χ4n) is 3.07. The second-order valence-corrected chi connectivity index (χ2v) is 6.41. The van der Waals surface area contributed by atoms with E-state index in [1.54, 1.807) is 4.90 Å². The number of nitro groups is 1. The number of hydrogen-bond donors (Lipinski definition) is 1. The quantitative estimate of drug-likeness (QED) is 0.610. The number of carboxylic acids is 1. The molecule has 2 rings (SSSR count). The molecule has 1 saturated heterocycles. The van der Waals surface area contributed by atoms with Crippen LogP contribution in [0.2, 0.25) is 5.02 Å². The Kier molecular flexibility index (Phi) is 6.30. The zero-order valence-corrected chi connectivity index (χ0v) is 14.2. The topological polar surface area (TPSA) is 101 Å². The summed E-state index contributed by atoms with van der Waals surface area (Å²) in [6, 6.07) is 1.60. The van der Waals surface area contributed by atoms with Crippen LogP contribution in [0.3, 0.4) is 0 Å². The molecule has 1 unspecified atom stereocenters. The Morgan fingerprint density at radius 1 is 1.40 bits per heavy atom. The van der Waals surface area contributed by atoms with Crippen LogP contribution in [0.15, 0.2) is 12.1 Å². The van der Waals surface area contributed by atoms with Gasteiger partial charge in [0.25, 0.3) is 5.69 Å². The molecular weight excluding hydrogens is 355 g/mol. The Hall–Kier alpha value is -2.22. The molecule has 0 aliphatic carbocycles. The lowest BCUT2D eigenvalue weighted by Crippen LogP contribution is -2.44. The summed E-state index contributed by atoms with van der Waals surface area (Å²) in [5.41, 5.74) is -0.446. The SMILES string of the molecule is O=C(O)CCC1CCCCN1C(=O)Cc1cc(F)c(Cl)cc1[N+](=O)[O-]. The predicted molar refractivity (Wildman–Crippen MR) is 88.0 cm³/mol. The number of rotatable bonds is 6. The van der Waals surface area contributed by atoms with E-state index in [1.807, 2.05) is 0 Å². The van der Waals surface area contributed by atoms with Crippen LogP contribution < -0.4 is 0 Å². The van der Waals surface area contributed by atoms with Crippen molar-refractivity contribution in [3.63, 3.8) is 0 Å². The second-order valence-electron chi connectivity index (χ2n) is 6.00. The first kappa shape index (κ1) is 19.1. The van der Waals surface area contributed by atoms with Crippen LogP contribution in [0.1, 0.15) is 37.7 Å². The van der Waals surface area contributed by atoms with Gasteiger partial charge in [-0.2, -0.15) is 0 Å². The summed E-state index contributed by atoms with van der Waals surface area (Å²) in [5, 5.41) is 19.6. The first-order valence-electron chi connectivity index (χ1n) is 7.93. The lowest BCUT2D eigenvalue weighted by Gasteiger charge is -2.35. The van der Waals surface area contributed by atoms with Crippen molar-refractivity contribution in [3.8, 4) is 0 Å². The molecule has 0 aromatic heterocycles. The van der Waals surface area contributed by atoms with E-state index in [0.29, 0.717) is 19.4 Å². The monoisotopic (exact) mass is 372 g/mol. The zero-order valence-electron chi connectivity index (χ0n) is 13.4. The third-order valence-corrected chi connectivity index (χ3v) is 4.59. The van der Waals surface area contributed by atoms with Gasteiger partial charge in [0.05, 0.1) is 16.4 Å². The maximum Gasteiger partial charge on any atom is 0.303 e. The highest BCUT2D eigenvalue weighted by atomic mass is 35.5. The van der Waals surface area contributed by atoms with E-state index in [2.05, 4.69) is 0 Å². The van der Waals surface area contributed by atoms with Crippen LogP contribution in [0.25, 0.3) is 0 Å². The molecule has 7 nitrogen and oxygen atoms in total. The number of halogens is 2. The van der Waals surface area contributed by atoms with Gasteiger partial charge in [0, 0.05) is 30.6 Å². The predicted octanol–water partition coefficient (Wildman–Crippen LogP) is 3.18. The summed E-state index contributed by atoms with van der Waals surface area (Å²) >= 11 is 5.58. The Balaban J connectivity index is 2.18. The van der Waals surface area contributed by atoms with E-state index in [1.165, 1.54) is 0 Å². The second kappa shape index (κ2) is 8.24. The van der Waals surface area contributed by atoms with Crippen molar-refractivity contribution >= 4 is 29.2 Å². The Labute approximate surface area is 148 Å². The first-order valence-corrected chi connectivity index (χ1v) is 8.31. The number of carboxylic acid groups (broad SMARTS) is 1. The van der Waals surface area contributed by atoms with Crippen molar-refractivity contribution in [1.29, 1.82) is 0 Å². The maximum absolute atomic E-state index is 13.7. The molecule has 136 valence electrons. The van der Waals surface area contributed by atoms with E-state index in [0.717, 1.165) is 25.0 Å². The van der Waals surface area contributed by atoms with Gasteiger partial charge in [-0.05, 0) is 31.7 Å². The van der Waals surface area contributed by atoms with Crippen LogP contribution in [0.4, 0.5) is 10.1 Å². The van der Waals surface area contributed by atoms with Gasteiger partial charge in [0.1, 0.15) is 5.82 Å². The van der Waals surface area contributed by atoms with E-state index in [9.17, 15) is 24.1 Å². The Morgan fingerprint density at radius 3 is 2.76 bits per heavy atom. The summed E-state index contributed by atoms with van der Waals surface area (Å²) in [5.74, 6) is -2.13. The first-order chi connectivity index (χ1) is 11.8. The van der Waals surface area contributed by atoms with Gasteiger partial charge in [-0.1, -0.05) is 11.6 Å². The van der Waals surface area contributed by atoms with Crippen LogP contribution in [0.5, 0.6) is 0 Å². The molecule has 0 spiro atoms. The summed E-state index contributed by atoms with van der Waals surface area (Å²) in [4.78, 5) is 35.3. The molecule has 1 fully saturated rings. The molecule has 0 radical (unpaired) electrons. The fourth-order valence-corrected chi connectivity index (χ4v) is 3.23. The minimum absolute atomic E-state index is 0.0422. The van der Waals surface area contributed by atoms with Crippen LogP contribution in [0, 0.1) is 15.9 Å². The number of likely N-dealkylation sites (tertiary alicyclic amines) is 1. The lowest BCUT2D eigenvalue weighted by atomic mass is 9.96. The molecule has 1 aromatic rings. The molecule has 1 amide bonds. The van der Waals surface area contributed by atoms with E-state index >= 15 is 0 Å².